The second-order valence-corrected chi connectivity index (χ2v) is 6.36. The summed E-state index contributed by atoms with van der Waals surface area (Å²) >= 11 is 0. The summed E-state index contributed by atoms with van der Waals surface area (Å²) in [6.45, 7) is 3.13. The monoisotopic (exact) mass is 463 g/mol. The van der Waals surface area contributed by atoms with Gasteiger partial charge in [0.05, 0.1) is 0 Å². The van der Waals surface area contributed by atoms with E-state index < -0.39 is 0 Å². The van der Waals surface area contributed by atoms with Crippen molar-refractivity contribution in [2.24, 2.45) is 0 Å². The highest BCUT2D eigenvalue weighted by Crippen LogP contribution is 2.28. The first-order valence-electron chi connectivity index (χ1n) is 9.11. The molecule has 0 aliphatic rings. The predicted molar refractivity (Wildman–Crippen MR) is 109 cm³/mol. The summed E-state index contributed by atoms with van der Waals surface area (Å²) in [7, 11) is 0. The van der Waals surface area contributed by atoms with Crippen LogP contribution in [0, 0.1) is 0 Å². The van der Waals surface area contributed by atoms with Gasteiger partial charge >= 0.3 is 0 Å². The van der Waals surface area contributed by atoms with Crippen molar-refractivity contribution in [3.05, 3.63) is 103 Å². The maximum Gasteiger partial charge on any atom is 0.213 e. The Morgan fingerprint density at radius 2 is 0.889 bits per heavy atom. The Morgan fingerprint density at radius 3 is 1.26 bits per heavy atom. The molecule has 4 aromatic rings. The van der Waals surface area contributed by atoms with Gasteiger partial charge in [-0.25, -0.2) is 0 Å². The molecule has 0 aliphatic heterocycles. The van der Waals surface area contributed by atoms with E-state index in [0.717, 1.165) is 6.54 Å². The summed E-state index contributed by atoms with van der Waals surface area (Å²) in [5.74, 6) is 0. The minimum Gasteiger partial charge on any atom is -1.00 e. The van der Waals surface area contributed by atoms with Crippen LogP contribution in [0.15, 0.2) is 103 Å². The summed E-state index contributed by atoms with van der Waals surface area (Å²) in [5.41, 5.74) is 7.45. The second kappa shape index (κ2) is 8.96. The molecule has 134 valence electrons. The van der Waals surface area contributed by atoms with Crippen LogP contribution >= 0.6 is 0 Å². The van der Waals surface area contributed by atoms with Crippen molar-refractivity contribution >= 4 is 0 Å². The molecule has 27 heavy (non-hydrogen) atoms. The first-order valence-corrected chi connectivity index (χ1v) is 9.11. The highest BCUT2D eigenvalue weighted by atomic mass is 127. The van der Waals surface area contributed by atoms with Crippen LogP contribution in [-0.2, 0) is 6.54 Å². The Morgan fingerprint density at radius 1 is 0.519 bits per heavy atom. The number of hydrogen-bond acceptors (Lipinski definition) is 0. The van der Waals surface area contributed by atoms with E-state index in [0.29, 0.717) is 0 Å². The van der Waals surface area contributed by atoms with Gasteiger partial charge in [-0.3, -0.25) is 0 Å². The van der Waals surface area contributed by atoms with Crippen LogP contribution < -0.4 is 28.5 Å². The third kappa shape index (κ3) is 4.11. The van der Waals surface area contributed by atoms with Gasteiger partial charge in [-0.1, -0.05) is 66.7 Å². The van der Waals surface area contributed by atoms with Gasteiger partial charge in [0.15, 0.2) is 0 Å². The molecule has 0 saturated heterocycles. The molecule has 0 saturated carbocycles. The van der Waals surface area contributed by atoms with Crippen molar-refractivity contribution in [3.63, 3.8) is 0 Å². The van der Waals surface area contributed by atoms with Gasteiger partial charge in [0.25, 0.3) is 0 Å². The average Bonchev–Trinajstić information content (AvgIpc) is 2.74. The number of hydrogen-bond donors (Lipinski definition) is 0. The van der Waals surface area contributed by atoms with Crippen LogP contribution in [-0.4, -0.2) is 0 Å². The molecule has 0 aliphatic carbocycles. The van der Waals surface area contributed by atoms with Crippen molar-refractivity contribution in [1.29, 1.82) is 0 Å². The standard InChI is InChI=1S/C25H22N.HI/c1-2-26-24(21-14-8-4-9-15-21)18-23(20-12-6-3-7-13-20)19-25(26)22-16-10-5-11-17-22;/h3-19H,2H2,1H3;1H/q+1;/p-1. The maximum atomic E-state index is 2.40. The first kappa shape index (κ1) is 19.3. The number of rotatable bonds is 4. The van der Waals surface area contributed by atoms with Crippen molar-refractivity contribution in [2.45, 2.75) is 13.5 Å². The molecule has 0 radical (unpaired) electrons. The van der Waals surface area contributed by atoms with Gasteiger partial charge in [-0.05, 0) is 42.3 Å². The van der Waals surface area contributed by atoms with Gasteiger partial charge in [-0.15, -0.1) is 0 Å². The Labute approximate surface area is 178 Å². The van der Waals surface area contributed by atoms with E-state index >= 15 is 0 Å². The van der Waals surface area contributed by atoms with Crippen molar-refractivity contribution in [3.8, 4) is 33.6 Å². The van der Waals surface area contributed by atoms with Crippen molar-refractivity contribution in [1.82, 2.24) is 0 Å². The summed E-state index contributed by atoms with van der Waals surface area (Å²) < 4.78 is 2.40. The quantitative estimate of drug-likeness (QED) is 0.324. The Kier molecular flexibility index (Phi) is 6.40. The third-order valence-corrected chi connectivity index (χ3v) is 4.73. The number of aromatic nitrogens is 1. The summed E-state index contributed by atoms with van der Waals surface area (Å²) in [6, 6.07) is 36.5. The summed E-state index contributed by atoms with van der Waals surface area (Å²) in [6.07, 6.45) is 0. The minimum atomic E-state index is 0. The maximum absolute atomic E-state index is 2.40. The van der Waals surface area contributed by atoms with Crippen LogP contribution in [0.5, 0.6) is 0 Å². The molecular formula is C25H22IN. The lowest BCUT2D eigenvalue weighted by Crippen LogP contribution is -3.00. The van der Waals surface area contributed by atoms with E-state index in [9.17, 15) is 0 Å². The number of benzene rings is 3. The summed E-state index contributed by atoms with van der Waals surface area (Å²) in [5, 5.41) is 0. The van der Waals surface area contributed by atoms with Crippen LogP contribution in [0.25, 0.3) is 33.6 Å². The van der Waals surface area contributed by atoms with Crippen LogP contribution in [0.4, 0.5) is 0 Å². The molecule has 0 spiro atoms. The number of nitrogens with zero attached hydrogens (tertiary/aromatic N) is 1. The van der Waals surface area contributed by atoms with Crippen LogP contribution in [0.1, 0.15) is 6.92 Å². The largest absolute Gasteiger partial charge is 1.00 e. The molecule has 0 N–H and O–H groups in total. The predicted octanol–water partition coefficient (Wildman–Crippen LogP) is 3.00. The highest BCUT2D eigenvalue weighted by molar-refractivity contribution is 5.73. The van der Waals surface area contributed by atoms with Gasteiger partial charge < -0.3 is 24.0 Å². The zero-order chi connectivity index (χ0) is 17.8. The number of halogens is 1. The van der Waals surface area contributed by atoms with Crippen LogP contribution in [0.3, 0.4) is 0 Å². The smallest absolute Gasteiger partial charge is 0.213 e. The SMILES string of the molecule is CC[n+]1c(-c2ccccc2)cc(-c2ccccc2)cc1-c1ccccc1.[I-]. The molecular weight excluding hydrogens is 441 g/mol. The van der Waals surface area contributed by atoms with E-state index in [2.05, 4.69) is 115 Å². The fraction of sp³-hybridized carbons (Fsp3) is 0.0800. The summed E-state index contributed by atoms with van der Waals surface area (Å²) in [4.78, 5) is 0. The molecule has 1 aromatic heterocycles. The molecule has 0 atom stereocenters. The second-order valence-electron chi connectivity index (χ2n) is 6.36. The zero-order valence-electron chi connectivity index (χ0n) is 15.3. The van der Waals surface area contributed by atoms with Gasteiger partial charge in [-0.2, -0.15) is 4.57 Å². The van der Waals surface area contributed by atoms with Crippen molar-refractivity contribution in [2.75, 3.05) is 0 Å². The fourth-order valence-corrected chi connectivity index (χ4v) is 3.46. The van der Waals surface area contributed by atoms with Crippen LogP contribution in [0.2, 0.25) is 0 Å². The highest BCUT2D eigenvalue weighted by Gasteiger charge is 2.20. The minimum absolute atomic E-state index is 0. The Balaban J connectivity index is 0.00000210. The van der Waals surface area contributed by atoms with Gasteiger partial charge in [0.2, 0.25) is 11.4 Å². The normalized spacial score (nSPS) is 10.3. The van der Waals surface area contributed by atoms with Gasteiger partial charge in [0, 0.05) is 23.3 Å². The van der Waals surface area contributed by atoms with E-state index in [1.165, 1.54) is 33.6 Å². The molecule has 0 bridgehead atoms. The lowest BCUT2D eigenvalue weighted by molar-refractivity contribution is -0.671. The van der Waals surface area contributed by atoms with E-state index in [1.54, 1.807) is 0 Å². The van der Waals surface area contributed by atoms with E-state index in [-0.39, 0.29) is 24.0 Å². The third-order valence-electron chi connectivity index (χ3n) is 4.73. The Hall–Kier alpha value is -2.46. The fourth-order valence-electron chi connectivity index (χ4n) is 3.46. The lowest BCUT2D eigenvalue weighted by Gasteiger charge is -2.11. The molecule has 1 nitrogen and oxygen atoms in total. The molecule has 3 aromatic carbocycles. The molecule has 0 unspecified atom stereocenters. The van der Waals surface area contributed by atoms with E-state index in [1.807, 2.05) is 0 Å². The molecule has 0 fully saturated rings. The molecule has 4 rings (SSSR count). The Bertz CT molecular complexity index is 936. The topological polar surface area (TPSA) is 3.88 Å². The van der Waals surface area contributed by atoms with Crippen molar-refractivity contribution < 1.29 is 28.5 Å². The molecule has 2 heteroatoms. The number of pyridine rings is 1. The lowest BCUT2D eigenvalue weighted by atomic mass is 9.99. The van der Waals surface area contributed by atoms with E-state index in [4.69, 9.17) is 0 Å². The molecule has 0 amide bonds. The average molecular weight is 463 g/mol. The zero-order valence-corrected chi connectivity index (χ0v) is 17.5. The van der Waals surface area contributed by atoms with Gasteiger partial charge in [0.1, 0.15) is 6.54 Å². The molecule has 1 heterocycles. The first-order chi connectivity index (χ1) is 12.9.